The average Bonchev–Trinajstić information content (AvgIpc) is 3.08. The fraction of sp³-hybridized carbons (Fsp3) is 0.188. The molecule has 0 aliphatic rings. The third-order valence-corrected chi connectivity index (χ3v) is 4.45. The van der Waals surface area contributed by atoms with Gasteiger partial charge in [0, 0.05) is 17.8 Å². The minimum absolute atomic E-state index is 0.579. The summed E-state index contributed by atoms with van der Waals surface area (Å²) < 4.78 is 3.01. The second-order valence-electron chi connectivity index (χ2n) is 4.66. The molecule has 0 aliphatic carbocycles. The molecule has 0 bridgehead atoms. The van der Waals surface area contributed by atoms with Crippen LogP contribution < -0.4 is 0 Å². The Kier molecular flexibility index (Phi) is 3.55. The normalized spacial score (nSPS) is 11.8. The van der Waals surface area contributed by atoms with Crippen molar-refractivity contribution in [1.82, 2.24) is 14.8 Å². The van der Waals surface area contributed by atoms with Crippen molar-refractivity contribution in [3.05, 3.63) is 46.7 Å². The predicted molar refractivity (Wildman–Crippen MR) is 85.7 cm³/mol. The number of aryl methyl sites for hydroxylation is 1. The van der Waals surface area contributed by atoms with Crippen LogP contribution in [0.25, 0.3) is 21.9 Å². The van der Waals surface area contributed by atoms with Gasteiger partial charge in [-0.15, -0.1) is 11.3 Å². The zero-order chi connectivity index (χ0) is 14.8. The van der Waals surface area contributed by atoms with Crippen molar-refractivity contribution in [2.24, 2.45) is 0 Å². The third kappa shape index (κ3) is 2.46. The van der Waals surface area contributed by atoms with E-state index >= 15 is 0 Å². The highest BCUT2D eigenvalue weighted by molar-refractivity contribution is 7.19. The average molecular weight is 294 g/mol. The van der Waals surface area contributed by atoms with Crippen LogP contribution in [0.3, 0.4) is 0 Å². The highest BCUT2D eigenvalue weighted by Crippen LogP contribution is 2.28. The number of nitriles is 1. The van der Waals surface area contributed by atoms with E-state index in [1.165, 1.54) is 11.3 Å². The molecule has 21 heavy (non-hydrogen) atoms. The summed E-state index contributed by atoms with van der Waals surface area (Å²) in [7, 11) is 0. The zero-order valence-electron chi connectivity index (χ0n) is 11.9. The summed E-state index contributed by atoms with van der Waals surface area (Å²) in [5, 5.41) is 14.5. The molecular formula is C16H14N4S. The summed E-state index contributed by atoms with van der Waals surface area (Å²) in [5.41, 5.74) is 3.54. The van der Waals surface area contributed by atoms with Crippen LogP contribution in [0, 0.1) is 18.3 Å². The van der Waals surface area contributed by atoms with Gasteiger partial charge in [0.15, 0.2) is 0 Å². The minimum Gasteiger partial charge on any atom is -0.270 e. The summed E-state index contributed by atoms with van der Waals surface area (Å²) >= 11 is 1.54. The summed E-state index contributed by atoms with van der Waals surface area (Å²) in [6, 6.07) is 10.2. The van der Waals surface area contributed by atoms with Gasteiger partial charge in [0.05, 0.1) is 22.0 Å². The summed E-state index contributed by atoms with van der Waals surface area (Å²) in [4.78, 5) is 4.54. The molecule has 0 aliphatic heterocycles. The molecule has 2 heterocycles. The first kappa shape index (κ1) is 13.5. The van der Waals surface area contributed by atoms with Gasteiger partial charge in [-0.2, -0.15) is 10.4 Å². The zero-order valence-corrected chi connectivity index (χ0v) is 12.7. The van der Waals surface area contributed by atoms with E-state index in [4.69, 9.17) is 0 Å². The van der Waals surface area contributed by atoms with E-state index in [0.717, 1.165) is 33.0 Å². The van der Waals surface area contributed by atoms with E-state index in [-0.39, 0.29) is 0 Å². The van der Waals surface area contributed by atoms with Crippen molar-refractivity contribution in [2.45, 2.75) is 20.4 Å². The molecule has 0 radical (unpaired) electrons. The number of fused-ring (bicyclic) bond motifs is 1. The van der Waals surface area contributed by atoms with Gasteiger partial charge in [-0.3, -0.25) is 4.68 Å². The van der Waals surface area contributed by atoms with E-state index in [2.05, 4.69) is 16.2 Å². The van der Waals surface area contributed by atoms with E-state index in [0.29, 0.717) is 5.57 Å². The van der Waals surface area contributed by atoms with Crippen molar-refractivity contribution >= 4 is 33.2 Å². The molecule has 1 aromatic carbocycles. The summed E-state index contributed by atoms with van der Waals surface area (Å²) in [6.07, 6.45) is 3.66. The third-order valence-electron chi connectivity index (χ3n) is 3.39. The SMILES string of the molecule is CCn1ncc(/C=C(/C#N)c2nc3ccccc3s2)c1C. The van der Waals surface area contributed by atoms with E-state index in [9.17, 15) is 5.26 Å². The number of nitrogens with zero attached hydrogens (tertiary/aromatic N) is 4. The number of thiazole rings is 1. The van der Waals surface area contributed by atoms with Gasteiger partial charge in [-0.1, -0.05) is 12.1 Å². The van der Waals surface area contributed by atoms with E-state index < -0.39 is 0 Å². The Bertz CT molecular complexity index is 831. The fourth-order valence-corrected chi connectivity index (χ4v) is 3.14. The maximum Gasteiger partial charge on any atom is 0.135 e. The van der Waals surface area contributed by atoms with Crippen LogP contribution in [0.4, 0.5) is 0 Å². The molecule has 0 atom stereocenters. The predicted octanol–water partition coefficient (Wildman–Crippen LogP) is 3.89. The standard InChI is InChI=1S/C16H14N4S/c1-3-20-11(2)13(10-18-20)8-12(9-17)16-19-14-6-4-5-7-15(14)21-16/h4-8,10H,3H2,1-2H3/b12-8-. The highest BCUT2D eigenvalue weighted by atomic mass is 32.1. The Labute approximate surface area is 127 Å². The summed E-state index contributed by atoms with van der Waals surface area (Å²) in [6.45, 7) is 4.88. The lowest BCUT2D eigenvalue weighted by Gasteiger charge is -1.99. The number of rotatable bonds is 3. The van der Waals surface area contributed by atoms with Crippen LogP contribution in [-0.4, -0.2) is 14.8 Å². The maximum atomic E-state index is 9.44. The maximum absolute atomic E-state index is 9.44. The Hall–Kier alpha value is -2.45. The van der Waals surface area contributed by atoms with Crippen LogP contribution in [-0.2, 0) is 6.54 Å². The first-order chi connectivity index (χ1) is 10.2. The van der Waals surface area contributed by atoms with Crippen LogP contribution in [0.5, 0.6) is 0 Å². The number of hydrogen-bond donors (Lipinski definition) is 0. The number of allylic oxidation sites excluding steroid dienone is 1. The molecule has 5 heteroatoms. The molecule has 0 fully saturated rings. The molecular weight excluding hydrogens is 280 g/mol. The highest BCUT2D eigenvalue weighted by Gasteiger charge is 2.10. The van der Waals surface area contributed by atoms with Crippen molar-refractivity contribution in [1.29, 1.82) is 5.26 Å². The first-order valence-electron chi connectivity index (χ1n) is 6.73. The van der Waals surface area contributed by atoms with Crippen LogP contribution >= 0.6 is 11.3 Å². The molecule has 0 unspecified atom stereocenters. The van der Waals surface area contributed by atoms with Gasteiger partial charge in [0.1, 0.15) is 11.1 Å². The van der Waals surface area contributed by atoms with E-state index in [1.54, 1.807) is 6.20 Å². The smallest absolute Gasteiger partial charge is 0.135 e. The lowest BCUT2D eigenvalue weighted by molar-refractivity contribution is 0.639. The van der Waals surface area contributed by atoms with Gasteiger partial charge in [-0.05, 0) is 32.1 Å². The molecule has 0 N–H and O–H groups in total. The molecule has 2 aromatic heterocycles. The number of aromatic nitrogens is 3. The van der Waals surface area contributed by atoms with Gasteiger partial charge in [0.2, 0.25) is 0 Å². The van der Waals surface area contributed by atoms with Crippen molar-refractivity contribution in [3.63, 3.8) is 0 Å². The molecule has 0 spiro atoms. The molecule has 3 rings (SSSR count). The number of hydrogen-bond acceptors (Lipinski definition) is 4. The lowest BCUT2D eigenvalue weighted by atomic mass is 10.2. The monoisotopic (exact) mass is 294 g/mol. The minimum atomic E-state index is 0.579. The second kappa shape index (κ2) is 5.51. The van der Waals surface area contributed by atoms with E-state index in [1.807, 2.05) is 48.9 Å². The number of benzene rings is 1. The molecule has 0 amide bonds. The first-order valence-corrected chi connectivity index (χ1v) is 7.54. The molecule has 104 valence electrons. The van der Waals surface area contributed by atoms with Crippen LogP contribution in [0.2, 0.25) is 0 Å². The Morgan fingerprint density at radius 1 is 1.43 bits per heavy atom. The van der Waals surface area contributed by atoms with Gasteiger partial charge in [0.25, 0.3) is 0 Å². The van der Waals surface area contributed by atoms with Crippen LogP contribution in [0.1, 0.15) is 23.2 Å². The van der Waals surface area contributed by atoms with Crippen molar-refractivity contribution < 1.29 is 0 Å². The van der Waals surface area contributed by atoms with Crippen molar-refractivity contribution in [3.8, 4) is 6.07 Å². The fourth-order valence-electron chi connectivity index (χ4n) is 2.21. The van der Waals surface area contributed by atoms with Crippen molar-refractivity contribution in [2.75, 3.05) is 0 Å². The second-order valence-corrected chi connectivity index (χ2v) is 5.69. The quantitative estimate of drug-likeness (QED) is 0.689. The van der Waals surface area contributed by atoms with Crippen LogP contribution in [0.15, 0.2) is 30.5 Å². The summed E-state index contributed by atoms with van der Waals surface area (Å²) in [5.74, 6) is 0. The molecule has 3 aromatic rings. The molecule has 0 saturated carbocycles. The van der Waals surface area contributed by atoms with Gasteiger partial charge in [-0.25, -0.2) is 4.98 Å². The molecule has 4 nitrogen and oxygen atoms in total. The van der Waals surface area contributed by atoms with Gasteiger partial charge >= 0.3 is 0 Å². The molecule has 0 saturated heterocycles. The Balaban J connectivity index is 2.07. The Morgan fingerprint density at radius 2 is 2.24 bits per heavy atom. The Morgan fingerprint density at radius 3 is 2.90 bits per heavy atom. The van der Waals surface area contributed by atoms with Gasteiger partial charge < -0.3 is 0 Å². The number of para-hydroxylation sites is 1. The largest absolute Gasteiger partial charge is 0.270 e. The lowest BCUT2D eigenvalue weighted by Crippen LogP contribution is -1.98. The topological polar surface area (TPSA) is 54.5 Å².